The lowest BCUT2D eigenvalue weighted by molar-refractivity contribution is -0.125. The van der Waals surface area contributed by atoms with Crippen LogP contribution in [0.1, 0.15) is 59.3 Å². The molecule has 0 saturated heterocycles. The van der Waals surface area contributed by atoms with Crippen molar-refractivity contribution in [3.05, 3.63) is 0 Å². The summed E-state index contributed by atoms with van der Waals surface area (Å²) in [5, 5.41) is 3.64. The minimum Gasteiger partial charge on any atom is -0.377 e. The van der Waals surface area contributed by atoms with Crippen LogP contribution >= 0.6 is 0 Å². The first-order chi connectivity index (χ1) is 8.14. The summed E-state index contributed by atoms with van der Waals surface area (Å²) < 4.78 is 6.15. The topological polar surface area (TPSA) is 21.3 Å². The summed E-state index contributed by atoms with van der Waals surface area (Å²) in [5.41, 5.74) is 0.327. The van der Waals surface area contributed by atoms with Crippen molar-refractivity contribution in [1.82, 2.24) is 5.32 Å². The molecule has 0 bridgehead atoms. The quantitative estimate of drug-likeness (QED) is 0.767. The van der Waals surface area contributed by atoms with E-state index in [2.05, 4.69) is 26.1 Å². The Morgan fingerprint density at radius 2 is 1.94 bits per heavy atom. The van der Waals surface area contributed by atoms with Crippen LogP contribution in [-0.2, 0) is 4.74 Å². The number of hydrogen-bond acceptors (Lipinski definition) is 2. The molecule has 2 fully saturated rings. The molecule has 0 aromatic heterocycles. The molecule has 2 nitrogen and oxygen atoms in total. The minimum absolute atomic E-state index is 0.327. The van der Waals surface area contributed by atoms with Gasteiger partial charge in [0.1, 0.15) is 0 Å². The zero-order chi connectivity index (χ0) is 12.3. The molecule has 2 unspecified atom stereocenters. The average molecular weight is 239 g/mol. The van der Waals surface area contributed by atoms with Crippen LogP contribution in [0.15, 0.2) is 0 Å². The van der Waals surface area contributed by atoms with Gasteiger partial charge in [0, 0.05) is 18.1 Å². The summed E-state index contributed by atoms with van der Waals surface area (Å²) in [7, 11) is 0. The van der Waals surface area contributed by atoms with Gasteiger partial charge in [-0.25, -0.2) is 0 Å². The first kappa shape index (κ1) is 13.4. The van der Waals surface area contributed by atoms with Crippen LogP contribution in [0.2, 0.25) is 0 Å². The molecule has 0 aliphatic heterocycles. The molecule has 1 N–H and O–H groups in total. The van der Waals surface area contributed by atoms with Crippen molar-refractivity contribution in [2.75, 3.05) is 13.2 Å². The summed E-state index contributed by atoms with van der Waals surface area (Å²) in [4.78, 5) is 0. The number of ether oxygens (including phenoxy) is 1. The molecule has 2 aliphatic rings. The summed E-state index contributed by atoms with van der Waals surface area (Å²) in [6.07, 6.45) is 8.54. The average Bonchev–Trinajstić information content (AvgIpc) is 2.80. The van der Waals surface area contributed by atoms with Gasteiger partial charge >= 0.3 is 0 Å². The molecule has 0 aromatic rings. The van der Waals surface area contributed by atoms with Gasteiger partial charge in [-0.1, -0.05) is 33.6 Å². The van der Waals surface area contributed by atoms with Crippen LogP contribution in [0, 0.1) is 11.3 Å². The van der Waals surface area contributed by atoms with E-state index in [1.807, 2.05) is 0 Å². The van der Waals surface area contributed by atoms with Crippen LogP contribution in [0.25, 0.3) is 0 Å². The van der Waals surface area contributed by atoms with E-state index in [1.54, 1.807) is 0 Å². The molecule has 100 valence electrons. The van der Waals surface area contributed by atoms with Gasteiger partial charge in [0.25, 0.3) is 0 Å². The predicted octanol–water partition coefficient (Wildman–Crippen LogP) is 3.36. The molecule has 2 saturated carbocycles. The normalized spacial score (nSPS) is 32.6. The molecule has 0 amide bonds. The summed E-state index contributed by atoms with van der Waals surface area (Å²) in [5.74, 6) is 0.855. The van der Waals surface area contributed by atoms with Crippen molar-refractivity contribution in [2.45, 2.75) is 71.4 Å². The molecule has 0 radical (unpaired) electrons. The Labute approximate surface area is 107 Å². The van der Waals surface area contributed by atoms with Gasteiger partial charge in [0.05, 0.1) is 6.10 Å². The molecule has 2 rings (SSSR count). The third-order valence-corrected chi connectivity index (χ3v) is 4.83. The van der Waals surface area contributed by atoms with Gasteiger partial charge in [-0.15, -0.1) is 0 Å². The Morgan fingerprint density at radius 1 is 1.24 bits per heavy atom. The van der Waals surface area contributed by atoms with Gasteiger partial charge in [0.15, 0.2) is 0 Å². The van der Waals surface area contributed by atoms with E-state index < -0.39 is 0 Å². The number of rotatable bonds is 6. The second kappa shape index (κ2) is 5.71. The van der Waals surface area contributed by atoms with Crippen LogP contribution in [0.3, 0.4) is 0 Å². The van der Waals surface area contributed by atoms with Crippen molar-refractivity contribution in [1.29, 1.82) is 0 Å². The SMILES string of the molecule is CCCNC1CC(OCC2CCCC2)C1(C)C. The fraction of sp³-hybridized carbons (Fsp3) is 1.00. The van der Waals surface area contributed by atoms with Gasteiger partial charge in [-0.3, -0.25) is 0 Å². The highest BCUT2D eigenvalue weighted by Gasteiger charge is 2.48. The Bertz CT molecular complexity index is 233. The molecule has 0 spiro atoms. The zero-order valence-corrected chi connectivity index (χ0v) is 11.8. The molecular weight excluding hydrogens is 210 g/mol. The van der Waals surface area contributed by atoms with Crippen LogP contribution in [0.5, 0.6) is 0 Å². The van der Waals surface area contributed by atoms with E-state index in [0.29, 0.717) is 17.6 Å². The fourth-order valence-electron chi connectivity index (χ4n) is 3.26. The molecular formula is C15H29NO. The molecule has 2 atom stereocenters. The molecule has 2 aliphatic carbocycles. The monoisotopic (exact) mass is 239 g/mol. The first-order valence-electron chi connectivity index (χ1n) is 7.49. The Morgan fingerprint density at radius 3 is 2.53 bits per heavy atom. The lowest BCUT2D eigenvalue weighted by Crippen LogP contribution is -2.61. The summed E-state index contributed by atoms with van der Waals surface area (Å²) >= 11 is 0. The lowest BCUT2D eigenvalue weighted by Gasteiger charge is -2.52. The van der Waals surface area contributed by atoms with Gasteiger partial charge < -0.3 is 10.1 Å². The van der Waals surface area contributed by atoms with E-state index in [4.69, 9.17) is 4.74 Å². The molecule has 2 heteroatoms. The largest absolute Gasteiger partial charge is 0.377 e. The maximum atomic E-state index is 6.15. The Kier molecular flexibility index (Phi) is 4.48. The van der Waals surface area contributed by atoms with Crippen molar-refractivity contribution in [3.63, 3.8) is 0 Å². The van der Waals surface area contributed by atoms with Gasteiger partial charge in [0.2, 0.25) is 0 Å². The van der Waals surface area contributed by atoms with E-state index in [9.17, 15) is 0 Å². The van der Waals surface area contributed by atoms with Crippen molar-refractivity contribution >= 4 is 0 Å². The first-order valence-corrected chi connectivity index (χ1v) is 7.49. The second-order valence-electron chi connectivity index (χ2n) is 6.54. The van der Waals surface area contributed by atoms with Gasteiger partial charge in [-0.2, -0.15) is 0 Å². The highest BCUT2D eigenvalue weighted by molar-refractivity contribution is 5.02. The van der Waals surface area contributed by atoms with Crippen molar-refractivity contribution < 1.29 is 4.74 Å². The highest BCUT2D eigenvalue weighted by Crippen LogP contribution is 2.43. The number of hydrogen-bond donors (Lipinski definition) is 1. The van der Waals surface area contributed by atoms with Crippen molar-refractivity contribution in [2.24, 2.45) is 11.3 Å². The minimum atomic E-state index is 0.327. The zero-order valence-electron chi connectivity index (χ0n) is 11.8. The summed E-state index contributed by atoms with van der Waals surface area (Å²) in [6, 6.07) is 0.663. The van der Waals surface area contributed by atoms with Crippen LogP contribution in [-0.4, -0.2) is 25.3 Å². The van der Waals surface area contributed by atoms with E-state index in [0.717, 1.165) is 19.1 Å². The van der Waals surface area contributed by atoms with E-state index in [-0.39, 0.29) is 0 Å². The smallest absolute Gasteiger partial charge is 0.0656 e. The van der Waals surface area contributed by atoms with E-state index >= 15 is 0 Å². The second-order valence-corrected chi connectivity index (χ2v) is 6.54. The standard InChI is InChI=1S/C15H29NO/c1-4-9-16-13-10-14(15(13,2)3)17-11-12-7-5-6-8-12/h12-14,16H,4-11H2,1-3H3. The van der Waals surface area contributed by atoms with Crippen LogP contribution < -0.4 is 5.32 Å². The highest BCUT2D eigenvalue weighted by atomic mass is 16.5. The summed E-state index contributed by atoms with van der Waals surface area (Å²) in [6.45, 7) is 9.08. The van der Waals surface area contributed by atoms with Crippen molar-refractivity contribution in [3.8, 4) is 0 Å². The molecule has 17 heavy (non-hydrogen) atoms. The van der Waals surface area contributed by atoms with E-state index in [1.165, 1.54) is 38.5 Å². The third kappa shape index (κ3) is 3.03. The maximum Gasteiger partial charge on any atom is 0.0656 e. The van der Waals surface area contributed by atoms with Crippen LogP contribution in [0.4, 0.5) is 0 Å². The molecule has 0 aromatic carbocycles. The molecule has 0 heterocycles. The Hall–Kier alpha value is -0.0800. The third-order valence-electron chi connectivity index (χ3n) is 4.83. The predicted molar refractivity (Wildman–Crippen MR) is 72.2 cm³/mol. The van der Waals surface area contributed by atoms with Gasteiger partial charge in [-0.05, 0) is 38.1 Å². The fourth-order valence-corrected chi connectivity index (χ4v) is 3.26. The lowest BCUT2D eigenvalue weighted by atomic mass is 9.64. The number of nitrogens with one attached hydrogen (secondary N) is 1. The maximum absolute atomic E-state index is 6.15. The Balaban J connectivity index is 1.69.